The Labute approximate surface area is 96.1 Å². The largest absolute Gasteiger partial charge is 0.272 e. The van der Waals surface area contributed by atoms with Crippen LogP contribution in [0.1, 0.15) is 19.4 Å². The average Bonchev–Trinajstić information content (AvgIpc) is 2.66. The van der Waals surface area contributed by atoms with Gasteiger partial charge in [-0.15, -0.1) is 0 Å². The van der Waals surface area contributed by atoms with Crippen molar-refractivity contribution in [1.29, 1.82) is 0 Å². The van der Waals surface area contributed by atoms with Gasteiger partial charge in [-0.3, -0.25) is 9.67 Å². The lowest BCUT2D eigenvalue weighted by Crippen LogP contribution is -2.04. The molecule has 0 unspecified atom stereocenters. The average molecular weight is 215 g/mol. The van der Waals surface area contributed by atoms with Crippen LogP contribution in [0.5, 0.6) is 0 Å². The van der Waals surface area contributed by atoms with Gasteiger partial charge in [0.25, 0.3) is 0 Å². The van der Waals surface area contributed by atoms with Crippen molar-refractivity contribution in [3.63, 3.8) is 0 Å². The van der Waals surface area contributed by atoms with Gasteiger partial charge in [0, 0.05) is 24.5 Å². The molecule has 0 aromatic carbocycles. The first kappa shape index (κ1) is 10.9. The molecule has 0 aliphatic rings. The number of rotatable bonds is 3. The normalized spacial score (nSPS) is 11.0. The van der Waals surface area contributed by atoms with E-state index < -0.39 is 0 Å². The highest BCUT2D eigenvalue weighted by atomic mass is 15.3. The summed E-state index contributed by atoms with van der Waals surface area (Å²) < 4.78 is 1.98. The van der Waals surface area contributed by atoms with Gasteiger partial charge in [0.05, 0.1) is 11.9 Å². The van der Waals surface area contributed by atoms with Crippen LogP contribution in [0.4, 0.5) is 0 Å². The quantitative estimate of drug-likeness (QED) is 0.788. The topological polar surface area (TPSA) is 30.7 Å². The van der Waals surface area contributed by atoms with Crippen LogP contribution in [0.2, 0.25) is 0 Å². The monoisotopic (exact) mass is 215 g/mol. The Bertz CT molecular complexity index is 472. The van der Waals surface area contributed by atoms with Crippen LogP contribution in [-0.2, 0) is 6.54 Å². The molecule has 0 spiro atoms. The summed E-state index contributed by atoms with van der Waals surface area (Å²) in [6.07, 6.45) is 5.77. The second kappa shape index (κ2) is 4.47. The molecule has 0 fully saturated rings. The molecule has 3 nitrogen and oxygen atoms in total. The second-order valence-corrected chi connectivity index (χ2v) is 4.51. The summed E-state index contributed by atoms with van der Waals surface area (Å²) in [5.41, 5.74) is 3.31. The van der Waals surface area contributed by atoms with Crippen molar-refractivity contribution in [1.82, 2.24) is 14.8 Å². The first-order chi connectivity index (χ1) is 7.66. The number of hydrogen-bond donors (Lipinski definition) is 0. The number of pyridine rings is 1. The molecular weight excluding hydrogens is 198 g/mol. The first-order valence-corrected chi connectivity index (χ1v) is 5.61. The third kappa shape index (κ3) is 2.30. The summed E-state index contributed by atoms with van der Waals surface area (Å²) in [4.78, 5) is 4.39. The van der Waals surface area contributed by atoms with Crippen LogP contribution in [0, 0.1) is 12.8 Å². The first-order valence-electron chi connectivity index (χ1n) is 5.61. The predicted octanol–water partition coefficient (Wildman–Crippen LogP) is 2.91. The molecule has 2 aromatic rings. The number of hydrogen-bond acceptors (Lipinski definition) is 2. The van der Waals surface area contributed by atoms with Gasteiger partial charge in [-0.1, -0.05) is 19.9 Å². The van der Waals surface area contributed by atoms with Gasteiger partial charge in [-0.2, -0.15) is 5.10 Å². The molecule has 0 saturated carbocycles. The Kier molecular flexibility index (Phi) is 3.04. The van der Waals surface area contributed by atoms with Gasteiger partial charge in [0.2, 0.25) is 0 Å². The Morgan fingerprint density at radius 2 is 2.19 bits per heavy atom. The van der Waals surface area contributed by atoms with Crippen molar-refractivity contribution >= 4 is 0 Å². The van der Waals surface area contributed by atoms with Crippen molar-refractivity contribution in [2.75, 3.05) is 0 Å². The molecule has 0 N–H and O–H groups in total. The zero-order chi connectivity index (χ0) is 11.5. The van der Waals surface area contributed by atoms with E-state index >= 15 is 0 Å². The molecule has 0 atom stereocenters. The van der Waals surface area contributed by atoms with E-state index in [1.54, 1.807) is 0 Å². The lowest BCUT2D eigenvalue weighted by atomic mass is 10.1. The van der Waals surface area contributed by atoms with Crippen LogP contribution in [-0.4, -0.2) is 14.8 Å². The van der Waals surface area contributed by atoms with Crippen LogP contribution >= 0.6 is 0 Å². The summed E-state index contributed by atoms with van der Waals surface area (Å²) in [5.74, 6) is 0.609. The summed E-state index contributed by atoms with van der Waals surface area (Å²) in [6.45, 7) is 7.40. The van der Waals surface area contributed by atoms with Gasteiger partial charge >= 0.3 is 0 Å². The lowest BCUT2D eigenvalue weighted by Gasteiger charge is -2.03. The van der Waals surface area contributed by atoms with Crippen molar-refractivity contribution in [3.8, 4) is 11.3 Å². The second-order valence-electron chi connectivity index (χ2n) is 4.51. The molecule has 0 aliphatic carbocycles. The molecule has 0 radical (unpaired) electrons. The summed E-state index contributed by atoms with van der Waals surface area (Å²) in [7, 11) is 0. The minimum atomic E-state index is 0.609. The molecule has 2 rings (SSSR count). The van der Waals surface area contributed by atoms with E-state index in [9.17, 15) is 0 Å². The zero-order valence-corrected chi connectivity index (χ0v) is 10.0. The van der Waals surface area contributed by atoms with Gasteiger partial charge in [-0.25, -0.2) is 0 Å². The van der Waals surface area contributed by atoms with E-state index in [4.69, 9.17) is 0 Å². The minimum Gasteiger partial charge on any atom is -0.272 e. The Hall–Kier alpha value is -1.64. The fourth-order valence-corrected chi connectivity index (χ4v) is 1.75. The van der Waals surface area contributed by atoms with Crippen molar-refractivity contribution in [2.24, 2.45) is 5.92 Å². The predicted molar refractivity (Wildman–Crippen MR) is 65.0 cm³/mol. The molecule has 3 heteroatoms. The van der Waals surface area contributed by atoms with E-state index in [2.05, 4.69) is 43.1 Å². The standard InChI is InChI=1S/C13H17N3/c1-10(2)8-16-9-12(7-15-16)13-11(3)5-4-6-14-13/h4-7,9-10H,8H2,1-3H3. The summed E-state index contributed by atoms with van der Waals surface area (Å²) in [6, 6.07) is 4.03. The highest BCUT2D eigenvalue weighted by Gasteiger charge is 2.06. The Morgan fingerprint density at radius 1 is 1.38 bits per heavy atom. The molecule has 16 heavy (non-hydrogen) atoms. The lowest BCUT2D eigenvalue weighted by molar-refractivity contribution is 0.483. The fourth-order valence-electron chi connectivity index (χ4n) is 1.75. The van der Waals surface area contributed by atoms with E-state index in [1.165, 1.54) is 5.56 Å². The van der Waals surface area contributed by atoms with E-state index in [-0.39, 0.29) is 0 Å². The maximum atomic E-state index is 4.39. The zero-order valence-electron chi connectivity index (χ0n) is 10.0. The van der Waals surface area contributed by atoms with Crippen LogP contribution in [0.3, 0.4) is 0 Å². The molecule has 0 aliphatic heterocycles. The third-order valence-electron chi connectivity index (χ3n) is 2.47. The SMILES string of the molecule is Cc1cccnc1-c1cnn(CC(C)C)c1. The van der Waals surface area contributed by atoms with Crippen LogP contribution < -0.4 is 0 Å². The van der Waals surface area contributed by atoms with E-state index in [0.29, 0.717) is 5.92 Å². The Balaban J connectivity index is 2.28. The van der Waals surface area contributed by atoms with Gasteiger partial charge in [0.1, 0.15) is 0 Å². The van der Waals surface area contributed by atoms with Crippen molar-refractivity contribution < 1.29 is 0 Å². The van der Waals surface area contributed by atoms with Crippen molar-refractivity contribution in [3.05, 3.63) is 36.3 Å². The molecule has 0 saturated heterocycles. The smallest absolute Gasteiger partial charge is 0.0762 e. The van der Waals surface area contributed by atoms with Crippen LogP contribution in [0.25, 0.3) is 11.3 Å². The van der Waals surface area contributed by atoms with Gasteiger partial charge < -0.3 is 0 Å². The third-order valence-corrected chi connectivity index (χ3v) is 2.47. The van der Waals surface area contributed by atoms with Gasteiger partial charge in [0.15, 0.2) is 0 Å². The van der Waals surface area contributed by atoms with E-state index in [1.807, 2.05) is 23.1 Å². The molecule has 2 heterocycles. The fraction of sp³-hybridized carbons (Fsp3) is 0.385. The molecule has 0 bridgehead atoms. The molecule has 84 valence electrons. The van der Waals surface area contributed by atoms with E-state index in [0.717, 1.165) is 17.8 Å². The summed E-state index contributed by atoms with van der Waals surface area (Å²) >= 11 is 0. The number of aryl methyl sites for hydroxylation is 1. The Morgan fingerprint density at radius 3 is 2.88 bits per heavy atom. The molecule has 0 amide bonds. The number of nitrogens with zero attached hydrogens (tertiary/aromatic N) is 3. The highest BCUT2D eigenvalue weighted by Crippen LogP contribution is 2.19. The van der Waals surface area contributed by atoms with Gasteiger partial charge in [-0.05, 0) is 24.5 Å². The van der Waals surface area contributed by atoms with Crippen molar-refractivity contribution in [2.45, 2.75) is 27.3 Å². The molecular formula is C13H17N3. The summed E-state index contributed by atoms with van der Waals surface area (Å²) in [5, 5.41) is 4.35. The maximum absolute atomic E-state index is 4.39. The molecule has 2 aromatic heterocycles. The minimum absolute atomic E-state index is 0.609. The number of aromatic nitrogens is 3. The maximum Gasteiger partial charge on any atom is 0.0762 e. The highest BCUT2D eigenvalue weighted by molar-refractivity contribution is 5.60. The van der Waals surface area contributed by atoms with Crippen LogP contribution in [0.15, 0.2) is 30.7 Å².